The number of hydrogen-bond acceptors (Lipinski definition) is 4. The Labute approximate surface area is 101 Å². The van der Waals surface area contributed by atoms with Gasteiger partial charge in [-0.25, -0.2) is 9.78 Å². The molecular weight excluding hydrogens is 218 g/mol. The molecule has 0 aromatic carbocycles. The maximum absolute atomic E-state index is 11.6. The van der Waals surface area contributed by atoms with Gasteiger partial charge in [-0.3, -0.25) is 0 Å². The summed E-state index contributed by atoms with van der Waals surface area (Å²) in [5, 5.41) is 0. The third kappa shape index (κ3) is 2.01. The predicted octanol–water partition coefficient (Wildman–Crippen LogP) is 1.79. The van der Waals surface area contributed by atoms with E-state index in [4.69, 9.17) is 10.5 Å². The Bertz CT molecular complexity index is 433. The van der Waals surface area contributed by atoms with Crippen LogP contribution < -0.4 is 5.73 Å². The molecule has 1 aliphatic rings. The highest BCUT2D eigenvalue weighted by molar-refractivity contribution is 5.92. The summed E-state index contributed by atoms with van der Waals surface area (Å²) in [6.45, 7) is 6.34. The van der Waals surface area contributed by atoms with Crippen molar-refractivity contribution in [3.63, 3.8) is 0 Å². The van der Waals surface area contributed by atoms with Gasteiger partial charge < -0.3 is 15.0 Å². The Hall–Kier alpha value is -1.52. The molecule has 0 aliphatic heterocycles. The maximum atomic E-state index is 11.6. The Morgan fingerprint density at radius 3 is 2.82 bits per heavy atom. The van der Waals surface area contributed by atoms with Gasteiger partial charge in [-0.05, 0) is 39.5 Å². The first-order chi connectivity index (χ1) is 7.98. The second kappa shape index (κ2) is 4.05. The SMILES string of the molecule is CCOC(=O)c1ncn(C(C)(C)C2CC2)c1N. The predicted molar refractivity (Wildman–Crippen MR) is 64.6 cm³/mol. The van der Waals surface area contributed by atoms with Crippen molar-refractivity contribution in [1.29, 1.82) is 0 Å². The Kier molecular flexibility index (Phi) is 2.85. The minimum atomic E-state index is -0.449. The number of nitrogens with two attached hydrogens (primary N) is 1. The second-order valence-corrected chi connectivity index (χ2v) is 5.00. The molecule has 1 saturated carbocycles. The van der Waals surface area contributed by atoms with Gasteiger partial charge in [-0.1, -0.05) is 0 Å². The van der Waals surface area contributed by atoms with Crippen LogP contribution in [0, 0.1) is 5.92 Å². The molecule has 94 valence electrons. The lowest BCUT2D eigenvalue weighted by Crippen LogP contribution is -2.29. The highest BCUT2D eigenvalue weighted by atomic mass is 16.5. The summed E-state index contributed by atoms with van der Waals surface area (Å²) in [6.07, 6.45) is 4.05. The average Bonchev–Trinajstić information content (AvgIpc) is 3.03. The largest absolute Gasteiger partial charge is 0.461 e. The Morgan fingerprint density at radius 2 is 2.29 bits per heavy atom. The molecule has 0 amide bonds. The maximum Gasteiger partial charge on any atom is 0.360 e. The van der Waals surface area contributed by atoms with Gasteiger partial charge in [0.15, 0.2) is 5.69 Å². The molecule has 5 nitrogen and oxygen atoms in total. The van der Waals surface area contributed by atoms with E-state index in [1.807, 2.05) is 4.57 Å². The van der Waals surface area contributed by atoms with Crippen molar-refractivity contribution in [2.24, 2.45) is 5.92 Å². The summed E-state index contributed by atoms with van der Waals surface area (Å²) in [6, 6.07) is 0. The number of aromatic nitrogens is 2. The van der Waals surface area contributed by atoms with Crippen molar-refractivity contribution in [3.8, 4) is 0 Å². The summed E-state index contributed by atoms with van der Waals surface area (Å²) < 4.78 is 6.80. The number of rotatable bonds is 4. The number of anilines is 1. The molecule has 2 rings (SSSR count). The quantitative estimate of drug-likeness (QED) is 0.810. The summed E-state index contributed by atoms with van der Waals surface area (Å²) in [7, 11) is 0. The summed E-state index contributed by atoms with van der Waals surface area (Å²) in [5.41, 5.74) is 6.13. The van der Waals surface area contributed by atoms with E-state index in [-0.39, 0.29) is 11.2 Å². The van der Waals surface area contributed by atoms with Crippen LogP contribution in [0.25, 0.3) is 0 Å². The molecule has 0 unspecified atom stereocenters. The van der Waals surface area contributed by atoms with Crippen LogP contribution in [-0.4, -0.2) is 22.1 Å². The summed E-state index contributed by atoms with van der Waals surface area (Å²) in [4.78, 5) is 15.7. The molecule has 2 N–H and O–H groups in total. The highest BCUT2D eigenvalue weighted by Crippen LogP contribution is 2.44. The molecule has 1 aromatic rings. The first-order valence-corrected chi connectivity index (χ1v) is 5.99. The van der Waals surface area contributed by atoms with E-state index in [0.717, 1.165) is 0 Å². The van der Waals surface area contributed by atoms with E-state index >= 15 is 0 Å². The van der Waals surface area contributed by atoms with Crippen LogP contribution in [0.4, 0.5) is 5.82 Å². The smallest absolute Gasteiger partial charge is 0.360 e. The number of carbonyl (C=O) groups is 1. The number of ether oxygens (including phenoxy) is 1. The normalized spacial score (nSPS) is 15.9. The molecular formula is C12H19N3O2. The van der Waals surface area contributed by atoms with Gasteiger partial charge in [0.2, 0.25) is 0 Å². The number of carbonyl (C=O) groups excluding carboxylic acids is 1. The van der Waals surface area contributed by atoms with Crippen molar-refractivity contribution in [2.75, 3.05) is 12.3 Å². The molecule has 0 bridgehead atoms. The van der Waals surface area contributed by atoms with E-state index in [9.17, 15) is 4.79 Å². The van der Waals surface area contributed by atoms with Crippen molar-refractivity contribution in [2.45, 2.75) is 39.2 Å². The monoisotopic (exact) mass is 237 g/mol. The zero-order chi connectivity index (χ0) is 12.6. The Morgan fingerprint density at radius 1 is 1.65 bits per heavy atom. The minimum Gasteiger partial charge on any atom is -0.461 e. The van der Waals surface area contributed by atoms with Gasteiger partial charge in [0.05, 0.1) is 12.9 Å². The number of nitrogens with zero attached hydrogens (tertiary/aromatic N) is 2. The van der Waals surface area contributed by atoms with Gasteiger partial charge >= 0.3 is 5.97 Å². The molecule has 0 spiro atoms. The standard InChI is InChI=1S/C12H19N3O2/c1-4-17-11(16)9-10(13)15(7-14-9)12(2,3)8-5-6-8/h7-8H,4-6,13H2,1-3H3. The fourth-order valence-corrected chi connectivity index (χ4v) is 2.16. The molecule has 1 fully saturated rings. The van der Waals surface area contributed by atoms with Crippen molar-refractivity contribution < 1.29 is 9.53 Å². The topological polar surface area (TPSA) is 70.1 Å². The number of imidazole rings is 1. The van der Waals surface area contributed by atoms with Crippen LogP contribution >= 0.6 is 0 Å². The van der Waals surface area contributed by atoms with Crippen LogP contribution in [0.3, 0.4) is 0 Å². The van der Waals surface area contributed by atoms with Crippen LogP contribution in [0.2, 0.25) is 0 Å². The molecule has 1 aromatic heterocycles. The molecule has 1 aliphatic carbocycles. The van der Waals surface area contributed by atoms with Crippen LogP contribution in [-0.2, 0) is 10.3 Å². The zero-order valence-corrected chi connectivity index (χ0v) is 10.6. The van der Waals surface area contributed by atoms with Gasteiger partial charge in [0.25, 0.3) is 0 Å². The van der Waals surface area contributed by atoms with Gasteiger partial charge in [-0.15, -0.1) is 0 Å². The van der Waals surface area contributed by atoms with Gasteiger partial charge in [-0.2, -0.15) is 0 Å². The number of hydrogen-bond donors (Lipinski definition) is 1. The molecule has 1 heterocycles. The zero-order valence-electron chi connectivity index (χ0n) is 10.6. The molecule has 0 atom stereocenters. The second-order valence-electron chi connectivity index (χ2n) is 5.00. The number of nitrogen functional groups attached to an aromatic ring is 1. The van der Waals surface area contributed by atoms with Gasteiger partial charge in [0, 0.05) is 5.54 Å². The molecule has 0 saturated heterocycles. The summed E-state index contributed by atoms with van der Waals surface area (Å²) >= 11 is 0. The fraction of sp³-hybridized carbons (Fsp3) is 0.667. The minimum absolute atomic E-state index is 0.0815. The van der Waals surface area contributed by atoms with Crippen molar-refractivity contribution in [1.82, 2.24) is 9.55 Å². The average molecular weight is 237 g/mol. The lowest BCUT2D eigenvalue weighted by atomic mass is 9.98. The van der Waals surface area contributed by atoms with E-state index in [0.29, 0.717) is 18.3 Å². The lowest BCUT2D eigenvalue weighted by Gasteiger charge is -2.27. The first-order valence-electron chi connectivity index (χ1n) is 5.99. The van der Waals surface area contributed by atoms with E-state index < -0.39 is 5.97 Å². The van der Waals surface area contributed by atoms with E-state index in [1.54, 1.807) is 13.3 Å². The summed E-state index contributed by atoms with van der Waals surface area (Å²) in [5.74, 6) is 0.574. The highest BCUT2D eigenvalue weighted by Gasteiger charge is 2.40. The van der Waals surface area contributed by atoms with Crippen LogP contribution in [0.1, 0.15) is 44.1 Å². The van der Waals surface area contributed by atoms with E-state index in [1.165, 1.54) is 12.8 Å². The third-order valence-electron chi connectivity index (χ3n) is 3.47. The fourth-order valence-electron chi connectivity index (χ4n) is 2.16. The first kappa shape index (κ1) is 12.0. The molecule has 5 heteroatoms. The van der Waals surface area contributed by atoms with Crippen LogP contribution in [0.15, 0.2) is 6.33 Å². The molecule has 0 radical (unpaired) electrons. The van der Waals surface area contributed by atoms with Crippen molar-refractivity contribution in [3.05, 3.63) is 12.0 Å². The number of esters is 1. The van der Waals surface area contributed by atoms with Gasteiger partial charge in [0.1, 0.15) is 5.82 Å². The Balaban J connectivity index is 2.29. The lowest BCUT2D eigenvalue weighted by molar-refractivity contribution is 0.0521. The molecule has 17 heavy (non-hydrogen) atoms. The van der Waals surface area contributed by atoms with Crippen molar-refractivity contribution >= 4 is 11.8 Å². The van der Waals surface area contributed by atoms with E-state index in [2.05, 4.69) is 18.8 Å². The third-order valence-corrected chi connectivity index (χ3v) is 3.47. The van der Waals surface area contributed by atoms with Crippen LogP contribution in [0.5, 0.6) is 0 Å².